The van der Waals surface area contributed by atoms with E-state index in [-0.39, 0.29) is 0 Å². The molecule has 0 unspecified atom stereocenters. The first-order chi connectivity index (χ1) is 29.6. The van der Waals surface area contributed by atoms with Crippen LogP contribution in [0.3, 0.4) is 0 Å². The SMILES string of the molecule is OB(O)Oc1cccc2ccc3cc4ccccc4cc3c12.c1ccc(C(c2ccccc2)(c2ccccc2)[P+](c2ccccc2)(c2ccccc2)c2ccccc2)cc1. The zero-order chi connectivity index (χ0) is 40.8. The van der Waals surface area contributed by atoms with E-state index < -0.39 is 19.7 Å². The van der Waals surface area contributed by atoms with Gasteiger partial charge >= 0.3 is 7.32 Å². The Balaban J connectivity index is 0.000000178. The molecule has 0 amide bonds. The molecule has 10 rings (SSSR count). The van der Waals surface area contributed by atoms with Crippen LogP contribution in [0.2, 0.25) is 0 Å². The third-order valence-corrected chi connectivity index (χ3v) is 16.4. The third kappa shape index (κ3) is 6.95. The van der Waals surface area contributed by atoms with E-state index in [4.69, 9.17) is 14.7 Å². The van der Waals surface area contributed by atoms with Gasteiger partial charge in [0, 0.05) is 22.1 Å². The predicted octanol–water partition coefficient (Wildman–Crippen LogP) is 11.5. The van der Waals surface area contributed by atoms with Gasteiger partial charge in [-0.2, -0.15) is 0 Å². The van der Waals surface area contributed by atoms with Crippen LogP contribution in [-0.4, -0.2) is 17.4 Å². The van der Waals surface area contributed by atoms with Crippen LogP contribution in [0.15, 0.2) is 249 Å². The summed E-state index contributed by atoms with van der Waals surface area (Å²) in [5, 5.41) is 28.2. The van der Waals surface area contributed by atoms with E-state index in [1.807, 2.05) is 30.3 Å². The van der Waals surface area contributed by atoms with Crippen LogP contribution in [0, 0.1) is 0 Å². The van der Waals surface area contributed by atoms with Gasteiger partial charge in [-0.05, 0) is 81.5 Å². The van der Waals surface area contributed by atoms with Crippen LogP contribution in [0.25, 0.3) is 32.3 Å². The number of fused-ring (bicyclic) bond motifs is 4. The maximum absolute atomic E-state index is 9.14. The van der Waals surface area contributed by atoms with E-state index in [1.54, 1.807) is 6.07 Å². The fourth-order valence-corrected chi connectivity index (χ4v) is 14.6. The molecule has 0 atom stereocenters. The quantitative estimate of drug-likeness (QED) is 0.0503. The second-order valence-corrected chi connectivity index (χ2v) is 18.3. The molecule has 0 aliphatic rings. The third-order valence-electron chi connectivity index (χ3n) is 11.4. The van der Waals surface area contributed by atoms with Gasteiger partial charge < -0.3 is 14.7 Å². The van der Waals surface area contributed by atoms with Gasteiger partial charge in [0.25, 0.3) is 0 Å². The van der Waals surface area contributed by atoms with Crippen LogP contribution < -0.4 is 20.6 Å². The molecule has 0 saturated carbocycles. The van der Waals surface area contributed by atoms with E-state index in [2.05, 4.69) is 212 Å². The summed E-state index contributed by atoms with van der Waals surface area (Å²) in [6.45, 7) is 0. The lowest BCUT2D eigenvalue weighted by molar-refractivity contribution is 0.289. The zero-order valence-electron chi connectivity index (χ0n) is 33.0. The molecular formula is C55H43BO3P+. The molecule has 0 radical (unpaired) electrons. The Morgan fingerprint density at radius 1 is 0.350 bits per heavy atom. The Labute approximate surface area is 352 Å². The molecule has 0 saturated heterocycles. The number of hydrogen-bond acceptors (Lipinski definition) is 3. The number of rotatable bonds is 9. The fourth-order valence-electron chi connectivity index (χ4n) is 9.08. The minimum absolute atomic E-state index is 0.466. The Kier molecular flexibility index (Phi) is 11.1. The highest BCUT2D eigenvalue weighted by Gasteiger charge is 2.65. The topological polar surface area (TPSA) is 49.7 Å². The Morgan fingerprint density at radius 3 is 1.15 bits per heavy atom. The van der Waals surface area contributed by atoms with Crippen LogP contribution in [0.4, 0.5) is 0 Å². The molecule has 3 nitrogen and oxygen atoms in total. The summed E-state index contributed by atoms with van der Waals surface area (Å²) in [5.41, 5.74) is 3.88. The molecule has 5 heteroatoms. The van der Waals surface area contributed by atoms with Crippen molar-refractivity contribution in [1.82, 2.24) is 0 Å². The lowest BCUT2D eigenvalue weighted by atomic mass is 9.84. The van der Waals surface area contributed by atoms with Crippen LogP contribution in [0.1, 0.15) is 16.7 Å². The van der Waals surface area contributed by atoms with Crippen LogP contribution in [-0.2, 0) is 5.16 Å². The summed E-state index contributed by atoms with van der Waals surface area (Å²) < 4.78 is 5.16. The number of hydrogen-bond donors (Lipinski definition) is 2. The monoisotopic (exact) mass is 793 g/mol. The highest BCUT2D eigenvalue weighted by Crippen LogP contribution is 2.74. The lowest BCUT2D eigenvalue weighted by Gasteiger charge is -2.46. The molecule has 0 aliphatic heterocycles. The minimum Gasteiger partial charge on any atom is -0.511 e. The Morgan fingerprint density at radius 2 is 0.717 bits per heavy atom. The summed E-state index contributed by atoms with van der Waals surface area (Å²) >= 11 is 0. The van der Waals surface area contributed by atoms with Crippen molar-refractivity contribution in [3.05, 3.63) is 265 Å². The number of benzene rings is 10. The average Bonchev–Trinajstić information content (AvgIpc) is 3.32. The summed E-state index contributed by atoms with van der Waals surface area (Å²) in [7, 11) is -4.29. The predicted molar refractivity (Wildman–Crippen MR) is 254 cm³/mol. The van der Waals surface area contributed by atoms with E-state index in [0.29, 0.717) is 5.75 Å². The van der Waals surface area contributed by atoms with Crippen LogP contribution >= 0.6 is 7.26 Å². The van der Waals surface area contributed by atoms with Gasteiger partial charge in [-0.3, -0.25) is 0 Å². The Hall–Kier alpha value is -6.81. The zero-order valence-corrected chi connectivity index (χ0v) is 33.9. The fraction of sp³-hybridized carbons (Fsp3) is 0.0182. The molecule has 10 aromatic rings. The average molecular weight is 794 g/mol. The second kappa shape index (κ2) is 17.2. The summed E-state index contributed by atoms with van der Waals surface area (Å²) in [6, 6.07) is 89.1. The molecule has 0 heterocycles. The van der Waals surface area contributed by atoms with Gasteiger partial charge in [-0.1, -0.05) is 194 Å². The molecule has 0 spiro atoms. The molecule has 0 fully saturated rings. The van der Waals surface area contributed by atoms with E-state index in [1.165, 1.54) is 38.0 Å². The normalized spacial score (nSPS) is 11.5. The van der Waals surface area contributed by atoms with E-state index >= 15 is 0 Å². The maximum Gasteiger partial charge on any atom is 0.707 e. The second-order valence-electron chi connectivity index (χ2n) is 14.8. The van der Waals surface area contributed by atoms with E-state index in [0.717, 1.165) is 26.9 Å². The smallest absolute Gasteiger partial charge is 0.511 e. The molecule has 288 valence electrons. The van der Waals surface area contributed by atoms with Crippen molar-refractivity contribution < 1.29 is 14.7 Å². The van der Waals surface area contributed by atoms with Crippen molar-refractivity contribution in [2.45, 2.75) is 5.16 Å². The van der Waals surface area contributed by atoms with Crippen molar-refractivity contribution in [3.8, 4) is 5.75 Å². The first-order valence-corrected chi connectivity index (χ1v) is 22.0. The van der Waals surface area contributed by atoms with Gasteiger partial charge in [0.1, 0.15) is 28.9 Å². The summed E-state index contributed by atoms with van der Waals surface area (Å²) in [5.74, 6) is 0.466. The molecule has 0 aromatic heterocycles. The molecule has 10 aromatic carbocycles. The molecule has 0 bridgehead atoms. The van der Waals surface area contributed by atoms with Crippen molar-refractivity contribution in [2.24, 2.45) is 0 Å². The van der Waals surface area contributed by atoms with Gasteiger partial charge in [0.2, 0.25) is 0 Å². The first kappa shape index (κ1) is 38.7. The van der Waals surface area contributed by atoms with Crippen molar-refractivity contribution in [2.75, 3.05) is 0 Å². The first-order valence-electron chi connectivity index (χ1n) is 20.2. The lowest BCUT2D eigenvalue weighted by Crippen LogP contribution is -2.47. The standard InChI is InChI=1S/C37H30P.C18H13BO3/c1-7-19-31(20-8-1)37(32-21-9-2-10-22-32,33-23-11-3-12-24-33)38(34-25-13-4-14-26-34,35-27-15-5-16-28-35)36-29-17-6-18-30-36;20-19(21)22-17-7-3-6-12-8-9-15-10-13-4-1-2-5-14(13)11-16(15)18(12)17/h1-30H;1-11,20-21H/q+1;. The highest BCUT2D eigenvalue weighted by molar-refractivity contribution is 7.97. The largest absolute Gasteiger partial charge is 0.707 e. The van der Waals surface area contributed by atoms with Crippen molar-refractivity contribution in [3.63, 3.8) is 0 Å². The van der Waals surface area contributed by atoms with Crippen LogP contribution in [0.5, 0.6) is 5.75 Å². The molecule has 0 aliphatic carbocycles. The van der Waals surface area contributed by atoms with Gasteiger partial charge in [-0.15, -0.1) is 0 Å². The van der Waals surface area contributed by atoms with Crippen molar-refractivity contribution >= 4 is 62.8 Å². The molecular weight excluding hydrogens is 750 g/mol. The Bertz CT molecular complexity index is 2650. The minimum atomic E-state index is -2.46. The van der Waals surface area contributed by atoms with Gasteiger partial charge in [-0.25, -0.2) is 0 Å². The summed E-state index contributed by atoms with van der Waals surface area (Å²) in [6.07, 6.45) is 0. The van der Waals surface area contributed by atoms with Gasteiger partial charge in [0.05, 0.1) is 0 Å². The van der Waals surface area contributed by atoms with Crippen molar-refractivity contribution in [1.29, 1.82) is 0 Å². The van der Waals surface area contributed by atoms with Gasteiger partial charge in [0.15, 0.2) is 5.16 Å². The summed E-state index contributed by atoms with van der Waals surface area (Å²) in [4.78, 5) is 0. The molecule has 2 N–H and O–H groups in total. The highest BCUT2D eigenvalue weighted by atomic mass is 31.2. The van der Waals surface area contributed by atoms with E-state index in [9.17, 15) is 0 Å². The molecule has 60 heavy (non-hydrogen) atoms. The maximum atomic E-state index is 9.14.